The smallest absolute Gasteiger partial charge is 0.0837 e. The van der Waals surface area contributed by atoms with Gasteiger partial charge < -0.3 is 9.47 Å². The van der Waals surface area contributed by atoms with Crippen molar-refractivity contribution in [2.45, 2.75) is 25.4 Å². The molecule has 2 aliphatic rings. The summed E-state index contributed by atoms with van der Waals surface area (Å²) < 4.78 is 10.9. The minimum atomic E-state index is 0.433. The van der Waals surface area contributed by atoms with Crippen molar-refractivity contribution >= 4 is 0 Å². The molecular formula is C8H14O2. The van der Waals surface area contributed by atoms with Crippen LogP contribution < -0.4 is 0 Å². The van der Waals surface area contributed by atoms with Crippen molar-refractivity contribution in [1.82, 2.24) is 0 Å². The van der Waals surface area contributed by atoms with Crippen molar-refractivity contribution in [3.63, 3.8) is 0 Å². The van der Waals surface area contributed by atoms with E-state index in [1.807, 2.05) is 0 Å². The zero-order chi connectivity index (χ0) is 6.81. The SMILES string of the molecule is C1CO[C@H]2COCC[C@H]2C1. The van der Waals surface area contributed by atoms with Crippen LogP contribution in [-0.4, -0.2) is 25.9 Å². The summed E-state index contributed by atoms with van der Waals surface area (Å²) in [5.41, 5.74) is 0. The molecule has 0 bridgehead atoms. The van der Waals surface area contributed by atoms with Crippen molar-refractivity contribution in [3.8, 4) is 0 Å². The van der Waals surface area contributed by atoms with Gasteiger partial charge in [0.05, 0.1) is 12.7 Å². The molecule has 2 nitrogen and oxygen atoms in total. The number of hydrogen-bond donors (Lipinski definition) is 0. The number of rotatable bonds is 0. The van der Waals surface area contributed by atoms with Gasteiger partial charge in [0.15, 0.2) is 0 Å². The Hall–Kier alpha value is -0.0800. The highest BCUT2D eigenvalue weighted by Crippen LogP contribution is 2.26. The average Bonchev–Trinajstić information content (AvgIpc) is 2.05. The van der Waals surface area contributed by atoms with Crippen molar-refractivity contribution in [2.75, 3.05) is 19.8 Å². The standard InChI is InChI=1S/C8H14O2/c1-2-7-3-5-9-6-8(7)10-4-1/h7-8H,1-6H2/t7-,8+/m1/s1. The summed E-state index contributed by atoms with van der Waals surface area (Å²) in [5.74, 6) is 0.808. The van der Waals surface area contributed by atoms with Crippen molar-refractivity contribution < 1.29 is 9.47 Å². The van der Waals surface area contributed by atoms with Gasteiger partial charge in [-0.2, -0.15) is 0 Å². The second-order valence-corrected chi connectivity index (χ2v) is 3.18. The molecule has 2 saturated heterocycles. The van der Waals surface area contributed by atoms with Crippen LogP contribution in [0.15, 0.2) is 0 Å². The molecule has 2 aliphatic heterocycles. The molecule has 0 aromatic carbocycles. The lowest BCUT2D eigenvalue weighted by molar-refractivity contribution is -0.108. The molecule has 0 spiro atoms. The fraction of sp³-hybridized carbons (Fsp3) is 1.00. The lowest BCUT2D eigenvalue weighted by Gasteiger charge is -2.35. The highest BCUT2D eigenvalue weighted by atomic mass is 16.5. The van der Waals surface area contributed by atoms with E-state index in [9.17, 15) is 0 Å². The maximum Gasteiger partial charge on any atom is 0.0837 e. The van der Waals surface area contributed by atoms with Crippen LogP contribution in [-0.2, 0) is 9.47 Å². The summed E-state index contributed by atoms with van der Waals surface area (Å²) in [5, 5.41) is 0. The Balaban J connectivity index is 1.93. The van der Waals surface area contributed by atoms with Crippen LogP contribution in [0.5, 0.6) is 0 Å². The Bertz CT molecular complexity index is 87.8. The van der Waals surface area contributed by atoms with Gasteiger partial charge in [0.25, 0.3) is 0 Å². The first-order chi connectivity index (χ1) is 4.97. The fourth-order valence-electron chi connectivity index (χ4n) is 1.85. The predicted molar refractivity (Wildman–Crippen MR) is 37.9 cm³/mol. The fourth-order valence-corrected chi connectivity index (χ4v) is 1.85. The molecule has 0 aromatic heterocycles. The molecule has 2 heteroatoms. The van der Waals surface area contributed by atoms with Crippen LogP contribution >= 0.6 is 0 Å². The minimum Gasteiger partial charge on any atom is -0.379 e. The zero-order valence-corrected chi connectivity index (χ0v) is 6.21. The van der Waals surface area contributed by atoms with Gasteiger partial charge in [-0.05, 0) is 25.2 Å². The number of fused-ring (bicyclic) bond motifs is 1. The van der Waals surface area contributed by atoms with E-state index in [4.69, 9.17) is 9.47 Å². The predicted octanol–water partition coefficient (Wildman–Crippen LogP) is 1.20. The summed E-state index contributed by atoms with van der Waals surface area (Å²) in [6, 6.07) is 0. The molecule has 0 aliphatic carbocycles. The van der Waals surface area contributed by atoms with E-state index in [1.165, 1.54) is 19.3 Å². The molecule has 2 heterocycles. The number of hydrogen-bond acceptors (Lipinski definition) is 2. The average molecular weight is 142 g/mol. The Labute approximate surface area is 61.5 Å². The van der Waals surface area contributed by atoms with Crippen LogP contribution in [0, 0.1) is 5.92 Å². The molecule has 0 aromatic rings. The summed E-state index contributed by atoms with van der Waals surface area (Å²) in [7, 11) is 0. The van der Waals surface area contributed by atoms with E-state index in [0.717, 1.165) is 25.7 Å². The topological polar surface area (TPSA) is 18.5 Å². The maximum atomic E-state index is 5.56. The van der Waals surface area contributed by atoms with Gasteiger partial charge in [-0.1, -0.05) is 0 Å². The molecule has 0 N–H and O–H groups in total. The maximum absolute atomic E-state index is 5.56. The Morgan fingerprint density at radius 1 is 1.10 bits per heavy atom. The van der Waals surface area contributed by atoms with Gasteiger partial charge in [-0.15, -0.1) is 0 Å². The van der Waals surface area contributed by atoms with Crippen molar-refractivity contribution in [2.24, 2.45) is 5.92 Å². The quantitative estimate of drug-likeness (QED) is 0.506. The van der Waals surface area contributed by atoms with Gasteiger partial charge in [0.2, 0.25) is 0 Å². The van der Waals surface area contributed by atoms with E-state index in [1.54, 1.807) is 0 Å². The Morgan fingerprint density at radius 2 is 2.10 bits per heavy atom. The normalized spacial score (nSPS) is 40.8. The van der Waals surface area contributed by atoms with Crippen LogP contribution in [0.2, 0.25) is 0 Å². The largest absolute Gasteiger partial charge is 0.379 e. The summed E-state index contributed by atoms with van der Waals surface area (Å²) in [6.45, 7) is 2.74. The third-order valence-corrected chi connectivity index (χ3v) is 2.49. The van der Waals surface area contributed by atoms with E-state index < -0.39 is 0 Å². The van der Waals surface area contributed by atoms with Gasteiger partial charge in [0.1, 0.15) is 0 Å². The van der Waals surface area contributed by atoms with E-state index >= 15 is 0 Å². The van der Waals surface area contributed by atoms with E-state index in [2.05, 4.69) is 0 Å². The highest BCUT2D eigenvalue weighted by molar-refractivity contribution is 4.77. The third kappa shape index (κ3) is 1.18. The molecule has 0 unspecified atom stereocenters. The molecule has 0 amide bonds. The molecular weight excluding hydrogens is 128 g/mol. The second-order valence-electron chi connectivity index (χ2n) is 3.18. The first-order valence-corrected chi connectivity index (χ1v) is 4.16. The molecule has 2 fully saturated rings. The monoisotopic (exact) mass is 142 g/mol. The van der Waals surface area contributed by atoms with Crippen LogP contribution in [0.3, 0.4) is 0 Å². The lowest BCUT2D eigenvalue weighted by Crippen LogP contribution is -2.38. The molecule has 0 saturated carbocycles. The lowest BCUT2D eigenvalue weighted by atomic mass is 9.90. The van der Waals surface area contributed by atoms with Gasteiger partial charge in [-0.3, -0.25) is 0 Å². The van der Waals surface area contributed by atoms with E-state index in [-0.39, 0.29) is 0 Å². The third-order valence-electron chi connectivity index (χ3n) is 2.49. The summed E-state index contributed by atoms with van der Waals surface area (Å²) in [6.07, 6.45) is 4.25. The van der Waals surface area contributed by atoms with Crippen LogP contribution in [0.25, 0.3) is 0 Å². The molecule has 2 atom stereocenters. The summed E-state index contributed by atoms with van der Waals surface area (Å²) >= 11 is 0. The zero-order valence-electron chi connectivity index (χ0n) is 6.21. The van der Waals surface area contributed by atoms with Crippen molar-refractivity contribution in [3.05, 3.63) is 0 Å². The van der Waals surface area contributed by atoms with E-state index in [0.29, 0.717) is 6.10 Å². The Kier molecular flexibility index (Phi) is 1.91. The minimum absolute atomic E-state index is 0.433. The first kappa shape index (κ1) is 6.62. The van der Waals surface area contributed by atoms with Gasteiger partial charge >= 0.3 is 0 Å². The molecule has 58 valence electrons. The molecule has 0 radical (unpaired) electrons. The Morgan fingerprint density at radius 3 is 3.00 bits per heavy atom. The molecule has 10 heavy (non-hydrogen) atoms. The van der Waals surface area contributed by atoms with Gasteiger partial charge in [-0.25, -0.2) is 0 Å². The van der Waals surface area contributed by atoms with Gasteiger partial charge in [0, 0.05) is 13.2 Å². The van der Waals surface area contributed by atoms with Crippen molar-refractivity contribution in [1.29, 1.82) is 0 Å². The molecule has 2 rings (SSSR count). The first-order valence-electron chi connectivity index (χ1n) is 4.16. The van der Waals surface area contributed by atoms with Crippen LogP contribution in [0.1, 0.15) is 19.3 Å². The summed E-state index contributed by atoms with van der Waals surface area (Å²) in [4.78, 5) is 0. The second kappa shape index (κ2) is 2.89. The number of ether oxygens (including phenoxy) is 2. The van der Waals surface area contributed by atoms with Crippen LogP contribution in [0.4, 0.5) is 0 Å². The highest BCUT2D eigenvalue weighted by Gasteiger charge is 2.28.